The van der Waals surface area contributed by atoms with Crippen LogP contribution in [-0.2, 0) is 9.53 Å². The van der Waals surface area contributed by atoms with E-state index in [1.807, 2.05) is 19.1 Å². The number of amidine groups is 1. The molecule has 3 rings (SSSR count). The van der Waals surface area contributed by atoms with Crippen LogP contribution in [0.25, 0.3) is 0 Å². The first kappa shape index (κ1) is 17.4. The molecule has 0 saturated carbocycles. The number of halogens is 1. The van der Waals surface area contributed by atoms with Crippen molar-refractivity contribution in [2.75, 3.05) is 18.1 Å². The van der Waals surface area contributed by atoms with Crippen LogP contribution in [0.5, 0.6) is 0 Å². The standard InChI is InChI=1S/C18H18ClN3O3/c1-3-25-17(23)18(24)11-22(15-9-14(19)7-6-12(15)2)16(21-18)13-5-4-8-20-10-13/h4-10,24H,3,11H2,1-2H3. The average Bonchev–Trinajstić information content (AvgIpc) is 2.97. The molecule has 0 radical (unpaired) electrons. The first-order valence-electron chi connectivity index (χ1n) is 7.88. The van der Waals surface area contributed by atoms with E-state index in [2.05, 4.69) is 9.98 Å². The molecule has 0 saturated heterocycles. The Labute approximate surface area is 150 Å². The van der Waals surface area contributed by atoms with E-state index >= 15 is 0 Å². The van der Waals surface area contributed by atoms with E-state index in [1.54, 1.807) is 42.4 Å². The van der Waals surface area contributed by atoms with E-state index in [0.717, 1.165) is 11.3 Å². The summed E-state index contributed by atoms with van der Waals surface area (Å²) in [5, 5.41) is 11.3. The molecular formula is C18H18ClN3O3. The number of aromatic nitrogens is 1. The van der Waals surface area contributed by atoms with Gasteiger partial charge in [-0.25, -0.2) is 9.79 Å². The highest BCUT2D eigenvalue weighted by atomic mass is 35.5. The minimum atomic E-state index is -1.98. The van der Waals surface area contributed by atoms with Crippen molar-refractivity contribution in [3.63, 3.8) is 0 Å². The van der Waals surface area contributed by atoms with Gasteiger partial charge in [-0.2, -0.15) is 0 Å². The van der Waals surface area contributed by atoms with Crippen molar-refractivity contribution in [3.05, 3.63) is 58.9 Å². The van der Waals surface area contributed by atoms with Crippen molar-refractivity contribution in [2.45, 2.75) is 19.6 Å². The fourth-order valence-electron chi connectivity index (χ4n) is 2.71. The number of esters is 1. The predicted octanol–water partition coefficient (Wildman–Crippen LogP) is 2.56. The molecule has 0 spiro atoms. The van der Waals surface area contributed by atoms with Gasteiger partial charge in [0.25, 0.3) is 5.72 Å². The van der Waals surface area contributed by atoms with Crippen LogP contribution in [0.1, 0.15) is 18.1 Å². The van der Waals surface area contributed by atoms with Crippen LogP contribution in [0.3, 0.4) is 0 Å². The molecule has 7 heteroatoms. The number of benzene rings is 1. The first-order valence-corrected chi connectivity index (χ1v) is 8.26. The molecule has 130 valence electrons. The molecular weight excluding hydrogens is 342 g/mol. The number of aliphatic imine (C=N–C) groups is 1. The predicted molar refractivity (Wildman–Crippen MR) is 95.9 cm³/mol. The van der Waals surface area contributed by atoms with Gasteiger partial charge in [-0.3, -0.25) is 4.98 Å². The molecule has 1 aromatic heterocycles. The summed E-state index contributed by atoms with van der Waals surface area (Å²) in [6.45, 7) is 3.71. The highest BCUT2D eigenvalue weighted by molar-refractivity contribution is 6.31. The van der Waals surface area contributed by atoms with Gasteiger partial charge in [0, 0.05) is 28.7 Å². The highest BCUT2D eigenvalue weighted by Crippen LogP contribution is 2.32. The normalized spacial score (nSPS) is 19.7. The Balaban J connectivity index is 2.10. The Kier molecular flexibility index (Phi) is 4.74. The third-order valence-electron chi connectivity index (χ3n) is 3.91. The summed E-state index contributed by atoms with van der Waals surface area (Å²) in [6, 6.07) is 9.02. The molecule has 1 unspecified atom stereocenters. The number of β-amino-alcohol motifs (C(OH)–C–C–N with tert-alkyl or cyclic N) is 1. The lowest BCUT2D eigenvalue weighted by Crippen LogP contribution is -2.44. The number of rotatable bonds is 4. The third kappa shape index (κ3) is 3.36. The minimum Gasteiger partial charge on any atom is -0.462 e. The Bertz CT molecular complexity index is 826. The maximum atomic E-state index is 12.2. The lowest BCUT2D eigenvalue weighted by molar-refractivity contribution is -0.162. The van der Waals surface area contributed by atoms with Gasteiger partial charge in [-0.05, 0) is 43.7 Å². The number of nitrogens with zero attached hydrogens (tertiary/aromatic N) is 3. The molecule has 6 nitrogen and oxygen atoms in total. The fraction of sp³-hybridized carbons (Fsp3) is 0.278. The summed E-state index contributed by atoms with van der Waals surface area (Å²) in [6.07, 6.45) is 3.27. The molecule has 1 aliphatic rings. The van der Waals surface area contributed by atoms with Crippen molar-refractivity contribution in [2.24, 2.45) is 4.99 Å². The number of aliphatic hydroxyl groups is 1. The maximum Gasteiger partial charge on any atom is 0.363 e. The Morgan fingerprint density at radius 2 is 2.24 bits per heavy atom. The van der Waals surface area contributed by atoms with Gasteiger partial charge in [-0.1, -0.05) is 17.7 Å². The first-order chi connectivity index (χ1) is 11.9. The summed E-state index contributed by atoms with van der Waals surface area (Å²) >= 11 is 6.14. The summed E-state index contributed by atoms with van der Waals surface area (Å²) < 4.78 is 4.99. The molecule has 1 N–H and O–H groups in total. The second kappa shape index (κ2) is 6.82. The second-order valence-electron chi connectivity index (χ2n) is 5.73. The number of hydrogen-bond donors (Lipinski definition) is 1. The lowest BCUT2D eigenvalue weighted by Gasteiger charge is -2.24. The van der Waals surface area contributed by atoms with Crippen molar-refractivity contribution in [1.82, 2.24) is 4.98 Å². The SMILES string of the molecule is CCOC(=O)C1(O)CN(c2cc(Cl)ccc2C)C(c2cccnc2)=N1. The number of hydrogen-bond acceptors (Lipinski definition) is 6. The van der Waals surface area contributed by atoms with Gasteiger partial charge in [0.15, 0.2) is 0 Å². The van der Waals surface area contributed by atoms with E-state index < -0.39 is 11.7 Å². The van der Waals surface area contributed by atoms with Crippen LogP contribution in [0.2, 0.25) is 5.02 Å². The Hall–Kier alpha value is -2.44. The summed E-state index contributed by atoms with van der Waals surface area (Å²) in [4.78, 5) is 22.4. The van der Waals surface area contributed by atoms with Gasteiger partial charge < -0.3 is 14.7 Å². The average molecular weight is 360 g/mol. The van der Waals surface area contributed by atoms with Gasteiger partial charge in [0.1, 0.15) is 5.84 Å². The zero-order valence-electron chi connectivity index (χ0n) is 13.9. The molecule has 2 heterocycles. The van der Waals surface area contributed by atoms with Crippen LogP contribution in [-0.4, -0.2) is 40.8 Å². The Morgan fingerprint density at radius 1 is 1.44 bits per heavy atom. The second-order valence-corrected chi connectivity index (χ2v) is 6.17. The van der Waals surface area contributed by atoms with Crippen molar-refractivity contribution in [3.8, 4) is 0 Å². The molecule has 0 fully saturated rings. The number of ether oxygens (including phenoxy) is 1. The van der Waals surface area contributed by atoms with Crippen molar-refractivity contribution >= 4 is 29.1 Å². The van der Waals surface area contributed by atoms with Crippen molar-refractivity contribution < 1.29 is 14.6 Å². The van der Waals surface area contributed by atoms with E-state index in [1.165, 1.54) is 0 Å². The van der Waals surface area contributed by atoms with Gasteiger partial charge in [0.2, 0.25) is 0 Å². The van der Waals surface area contributed by atoms with E-state index in [0.29, 0.717) is 16.4 Å². The van der Waals surface area contributed by atoms with Crippen LogP contribution >= 0.6 is 11.6 Å². The topological polar surface area (TPSA) is 75.0 Å². The molecule has 2 aromatic rings. The third-order valence-corrected chi connectivity index (χ3v) is 4.14. The zero-order chi connectivity index (χ0) is 18.0. The molecule has 0 aliphatic carbocycles. The minimum absolute atomic E-state index is 0.0583. The van der Waals surface area contributed by atoms with E-state index in [4.69, 9.17) is 16.3 Å². The number of aryl methyl sites for hydroxylation is 1. The summed E-state index contributed by atoms with van der Waals surface area (Å²) in [7, 11) is 0. The number of carbonyl (C=O) groups excluding carboxylic acids is 1. The Morgan fingerprint density at radius 3 is 2.92 bits per heavy atom. The van der Waals surface area contributed by atoms with Gasteiger partial charge in [0.05, 0.1) is 13.2 Å². The van der Waals surface area contributed by atoms with Gasteiger partial charge >= 0.3 is 5.97 Å². The van der Waals surface area contributed by atoms with Crippen LogP contribution in [0, 0.1) is 6.92 Å². The smallest absolute Gasteiger partial charge is 0.363 e. The van der Waals surface area contributed by atoms with E-state index in [-0.39, 0.29) is 13.2 Å². The molecule has 1 aliphatic heterocycles. The molecule has 25 heavy (non-hydrogen) atoms. The summed E-state index contributed by atoms with van der Waals surface area (Å²) in [5.41, 5.74) is 0.405. The maximum absolute atomic E-state index is 12.2. The zero-order valence-corrected chi connectivity index (χ0v) is 14.7. The quantitative estimate of drug-likeness (QED) is 0.849. The molecule has 0 bridgehead atoms. The van der Waals surface area contributed by atoms with Crippen LogP contribution < -0.4 is 4.90 Å². The number of carbonyl (C=O) groups is 1. The van der Waals surface area contributed by atoms with Crippen LogP contribution in [0.15, 0.2) is 47.7 Å². The highest BCUT2D eigenvalue weighted by Gasteiger charge is 2.46. The monoisotopic (exact) mass is 359 g/mol. The van der Waals surface area contributed by atoms with Gasteiger partial charge in [-0.15, -0.1) is 0 Å². The largest absolute Gasteiger partial charge is 0.462 e. The molecule has 0 amide bonds. The van der Waals surface area contributed by atoms with Crippen LogP contribution in [0.4, 0.5) is 5.69 Å². The van der Waals surface area contributed by atoms with E-state index in [9.17, 15) is 9.90 Å². The fourth-order valence-corrected chi connectivity index (χ4v) is 2.88. The number of anilines is 1. The lowest BCUT2D eigenvalue weighted by atomic mass is 10.1. The summed E-state index contributed by atoms with van der Waals surface area (Å²) in [5.74, 6) is -0.340. The molecule has 1 aromatic carbocycles. The van der Waals surface area contributed by atoms with Crippen molar-refractivity contribution in [1.29, 1.82) is 0 Å². The molecule has 1 atom stereocenters. The number of pyridine rings is 1.